The minimum Gasteiger partial charge on any atom is -0.496 e. The second kappa shape index (κ2) is 8.53. The van der Waals surface area contributed by atoms with Gasteiger partial charge in [-0.3, -0.25) is 4.79 Å². The molecule has 0 aliphatic carbocycles. The highest BCUT2D eigenvalue weighted by molar-refractivity contribution is 5.68. The summed E-state index contributed by atoms with van der Waals surface area (Å²) in [6.45, 7) is 3.84. The molecule has 0 bridgehead atoms. The van der Waals surface area contributed by atoms with Crippen molar-refractivity contribution in [1.82, 2.24) is 5.32 Å². The molecule has 0 heterocycles. The zero-order chi connectivity index (χ0) is 13.2. The molecule has 4 heteroatoms. The molecular weight excluding hydrogens is 230 g/mol. The molecule has 0 amide bonds. The highest BCUT2D eigenvalue weighted by atomic mass is 16.5. The van der Waals surface area contributed by atoms with Crippen molar-refractivity contribution in [1.29, 1.82) is 0 Å². The average Bonchev–Trinajstić information content (AvgIpc) is 2.42. The Bertz CT molecular complexity index is 366. The molecule has 0 aliphatic heterocycles. The molecule has 18 heavy (non-hydrogen) atoms. The summed E-state index contributed by atoms with van der Waals surface area (Å²) < 4.78 is 10.2. The number of hydrogen-bond acceptors (Lipinski definition) is 4. The van der Waals surface area contributed by atoms with E-state index in [2.05, 4.69) is 5.32 Å². The Morgan fingerprint density at radius 2 is 2.11 bits per heavy atom. The third-order valence-corrected chi connectivity index (χ3v) is 2.56. The molecule has 1 rings (SSSR count). The van der Waals surface area contributed by atoms with Crippen LogP contribution in [0.15, 0.2) is 24.3 Å². The molecule has 0 atom stereocenters. The maximum atomic E-state index is 10.9. The Kier molecular flexibility index (Phi) is 6.87. The number of methoxy groups -OCH3 is 1. The lowest BCUT2D eigenvalue weighted by Gasteiger charge is -2.09. The summed E-state index contributed by atoms with van der Waals surface area (Å²) in [7, 11) is 1.67. The van der Waals surface area contributed by atoms with Gasteiger partial charge in [0.2, 0.25) is 0 Å². The standard InChI is InChI=1S/C14H21NO3/c1-3-14(16)18-10-6-9-15-11-12-7-4-5-8-13(12)17-2/h4-5,7-8,15H,3,6,9-11H2,1-2H3. The van der Waals surface area contributed by atoms with Gasteiger partial charge in [-0.1, -0.05) is 25.1 Å². The molecule has 0 radical (unpaired) electrons. The van der Waals surface area contributed by atoms with Crippen LogP contribution >= 0.6 is 0 Å². The van der Waals surface area contributed by atoms with Gasteiger partial charge in [0, 0.05) is 18.5 Å². The van der Waals surface area contributed by atoms with Crippen LogP contribution in [0.4, 0.5) is 0 Å². The molecule has 0 aromatic heterocycles. The van der Waals surface area contributed by atoms with Gasteiger partial charge in [-0.2, -0.15) is 0 Å². The molecular formula is C14H21NO3. The molecule has 1 aromatic carbocycles. The monoisotopic (exact) mass is 251 g/mol. The zero-order valence-electron chi connectivity index (χ0n) is 11.1. The van der Waals surface area contributed by atoms with Crippen LogP contribution in [-0.2, 0) is 16.1 Å². The number of benzene rings is 1. The van der Waals surface area contributed by atoms with Crippen LogP contribution < -0.4 is 10.1 Å². The van der Waals surface area contributed by atoms with Crippen LogP contribution in [0.2, 0.25) is 0 Å². The summed E-state index contributed by atoms with van der Waals surface area (Å²) >= 11 is 0. The SMILES string of the molecule is CCC(=O)OCCCNCc1ccccc1OC. The fourth-order valence-electron chi connectivity index (χ4n) is 1.56. The number of hydrogen-bond donors (Lipinski definition) is 1. The Balaban J connectivity index is 2.16. The van der Waals surface area contributed by atoms with Crippen molar-refractivity contribution in [2.24, 2.45) is 0 Å². The first-order valence-corrected chi connectivity index (χ1v) is 6.26. The summed E-state index contributed by atoms with van der Waals surface area (Å²) in [5.74, 6) is 0.752. The maximum Gasteiger partial charge on any atom is 0.305 e. The van der Waals surface area contributed by atoms with Crippen molar-refractivity contribution in [3.05, 3.63) is 29.8 Å². The minimum absolute atomic E-state index is 0.139. The fourth-order valence-corrected chi connectivity index (χ4v) is 1.56. The van der Waals surface area contributed by atoms with Crippen LogP contribution in [0.3, 0.4) is 0 Å². The highest BCUT2D eigenvalue weighted by Gasteiger charge is 2.01. The van der Waals surface area contributed by atoms with E-state index in [1.807, 2.05) is 24.3 Å². The van der Waals surface area contributed by atoms with Gasteiger partial charge in [0.25, 0.3) is 0 Å². The molecule has 0 saturated carbocycles. The molecule has 0 fully saturated rings. The topological polar surface area (TPSA) is 47.6 Å². The van der Waals surface area contributed by atoms with Gasteiger partial charge in [0.1, 0.15) is 5.75 Å². The largest absolute Gasteiger partial charge is 0.496 e. The molecule has 1 N–H and O–H groups in total. The zero-order valence-corrected chi connectivity index (χ0v) is 11.1. The van der Waals surface area contributed by atoms with Gasteiger partial charge < -0.3 is 14.8 Å². The van der Waals surface area contributed by atoms with Crippen LogP contribution in [0.1, 0.15) is 25.3 Å². The van der Waals surface area contributed by atoms with Crippen molar-refractivity contribution in [3.63, 3.8) is 0 Å². The van der Waals surface area contributed by atoms with Crippen LogP contribution in [0.5, 0.6) is 5.75 Å². The smallest absolute Gasteiger partial charge is 0.305 e. The lowest BCUT2D eigenvalue weighted by Crippen LogP contribution is -2.17. The van der Waals surface area contributed by atoms with E-state index in [1.165, 1.54) is 0 Å². The Morgan fingerprint density at radius 3 is 2.83 bits per heavy atom. The van der Waals surface area contributed by atoms with Crippen molar-refractivity contribution >= 4 is 5.97 Å². The number of para-hydroxylation sites is 1. The van der Waals surface area contributed by atoms with Crippen molar-refractivity contribution in [2.45, 2.75) is 26.3 Å². The molecule has 4 nitrogen and oxygen atoms in total. The van der Waals surface area contributed by atoms with E-state index in [4.69, 9.17) is 9.47 Å². The third kappa shape index (κ3) is 5.19. The first kappa shape index (κ1) is 14.5. The van der Waals surface area contributed by atoms with Crippen molar-refractivity contribution in [3.8, 4) is 5.75 Å². The molecule has 0 aliphatic rings. The number of carbonyl (C=O) groups excluding carboxylic acids is 1. The van der Waals surface area contributed by atoms with Gasteiger partial charge >= 0.3 is 5.97 Å². The van der Waals surface area contributed by atoms with Gasteiger partial charge in [-0.25, -0.2) is 0 Å². The fraction of sp³-hybridized carbons (Fsp3) is 0.500. The van der Waals surface area contributed by atoms with Gasteiger partial charge in [-0.15, -0.1) is 0 Å². The highest BCUT2D eigenvalue weighted by Crippen LogP contribution is 2.16. The number of esters is 1. The summed E-state index contributed by atoms with van der Waals surface area (Å²) in [5, 5.41) is 3.30. The van der Waals surface area contributed by atoms with Crippen molar-refractivity contribution < 1.29 is 14.3 Å². The summed E-state index contributed by atoms with van der Waals surface area (Å²) in [6.07, 6.45) is 1.26. The van der Waals surface area contributed by atoms with E-state index in [-0.39, 0.29) is 5.97 Å². The third-order valence-electron chi connectivity index (χ3n) is 2.56. The van der Waals surface area contributed by atoms with Gasteiger partial charge in [0.05, 0.1) is 13.7 Å². The number of rotatable bonds is 8. The summed E-state index contributed by atoms with van der Waals surface area (Å²) in [5.41, 5.74) is 1.13. The second-order valence-electron chi connectivity index (χ2n) is 3.92. The van der Waals surface area contributed by atoms with E-state index >= 15 is 0 Å². The lowest BCUT2D eigenvalue weighted by molar-refractivity contribution is -0.143. The van der Waals surface area contributed by atoms with E-state index in [0.717, 1.165) is 30.8 Å². The first-order valence-electron chi connectivity index (χ1n) is 6.26. The lowest BCUT2D eigenvalue weighted by atomic mass is 10.2. The number of ether oxygens (including phenoxy) is 2. The Hall–Kier alpha value is -1.55. The Labute approximate surface area is 108 Å². The van der Waals surface area contributed by atoms with E-state index in [0.29, 0.717) is 13.0 Å². The molecule has 0 saturated heterocycles. The quantitative estimate of drug-likeness (QED) is 0.568. The van der Waals surface area contributed by atoms with E-state index < -0.39 is 0 Å². The van der Waals surface area contributed by atoms with Crippen LogP contribution in [-0.4, -0.2) is 26.2 Å². The predicted octanol–water partition coefficient (Wildman–Crippen LogP) is 2.13. The summed E-state index contributed by atoms with van der Waals surface area (Å²) in [6, 6.07) is 7.91. The van der Waals surface area contributed by atoms with Gasteiger partial charge in [0.15, 0.2) is 0 Å². The van der Waals surface area contributed by atoms with Crippen LogP contribution in [0, 0.1) is 0 Å². The molecule has 0 unspecified atom stereocenters. The molecule has 1 aromatic rings. The van der Waals surface area contributed by atoms with Gasteiger partial charge in [-0.05, 0) is 19.0 Å². The maximum absolute atomic E-state index is 10.9. The van der Waals surface area contributed by atoms with Crippen LogP contribution in [0.25, 0.3) is 0 Å². The molecule has 0 spiro atoms. The summed E-state index contributed by atoms with van der Waals surface area (Å²) in [4.78, 5) is 10.9. The number of nitrogens with one attached hydrogen (secondary N) is 1. The normalized spacial score (nSPS) is 10.1. The minimum atomic E-state index is -0.139. The van der Waals surface area contributed by atoms with E-state index in [9.17, 15) is 4.79 Å². The first-order chi connectivity index (χ1) is 8.77. The molecule has 100 valence electrons. The second-order valence-corrected chi connectivity index (χ2v) is 3.92. The average molecular weight is 251 g/mol. The van der Waals surface area contributed by atoms with E-state index in [1.54, 1.807) is 14.0 Å². The predicted molar refractivity (Wildman–Crippen MR) is 70.6 cm³/mol. The van der Waals surface area contributed by atoms with Crippen molar-refractivity contribution in [2.75, 3.05) is 20.3 Å². The Morgan fingerprint density at radius 1 is 1.33 bits per heavy atom. The number of carbonyl (C=O) groups is 1.